The minimum atomic E-state index is -0.718. The van der Waals surface area contributed by atoms with Gasteiger partial charge in [-0.15, -0.1) is 11.3 Å². The molecular formula is C22H20N2O7S. The number of amides is 1. The smallest absolute Gasteiger partial charge is 0.358 e. The maximum Gasteiger partial charge on any atom is 0.358 e. The topological polar surface area (TPSA) is 113 Å². The number of nitrogens with zero attached hydrogens (tertiary/aromatic N) is 1. The highest BCUT2D eigenvalue weighted by atomic mass is 32.1. The number of methoxy groups -OCH3 is 3. The van der Waals surface area contributed by atoms with Crippen molar-refractivity contribution in [1.29, 1.82) is 0 Å². The molecule has 32 heavy (non-hydrogen) atoms. The van der Waals surface area contributed by atoms with Crippen molar-refractivity contribution in [3.63, 3.8) is 0 Å². The van der Waals surface area contributed by atoms with Gasteiger partial charge in [-0.1, -0.05) is 0 Å². The number of ether oxygens (including phenoxy) is 4. The summed E-state index contributed by atoms with van der Waals surface area (Å²) in [6.45, 7) is -0.485. The number of esters is 2. The molecule has 0 atom stereocenters. The van der Waals surface area contributed by atoms with Crippen molar-refractivity contribution < 1.29 is 33.3 Å². The van der Waals surface area contributed by atoms with Crippen LogP contribution in [-0.4, -0.2) is 50.8 Å². The van der Waals surface area contributed by atoms with Gasteiger partial charge in [-0.25, -0.2) is 14.6 Å². The summed E-state index contributed by atoms with van der Waals surface area (Å²) >= 11 is 1.26. The lowest BCUT2D eigenvalue weighted by atomic mass is 10.2. The fourth-order valence-corrected chi connectivity index (χ4v) is 3.47. The molecular weight excluding hydrogens is 436 g/mol. The monoisotopic (exact) mass is 456 g/mol. The van der Waals surface area contributed by atoms with Crippen LogP contribution in [0.1, 0.15) is 20.8 Å². The molecule has 9 nitrogen and oxygen atoms in total. The van der Waals surface area contributed by atoms with Crippen LogP contribution in [-0.2, 0) is 14.3 Å². The lowest BCUT2D eigenvalue weighted by molar-refractivity contribution is -0.119. The van der Waals surface area contributed by atoms with Crippen LogP contribution < -0.4 is 14.8 Å². The lowest BCUT2D eigenvalue weighted by Gasteiger charge is -2.08. The summed E-state index contributed by atoms with van der Waals surface area (Å²) in [6.07, 6.45) is 0. The second kappa shape index (κ2) is 10.4. The van der Waals surface area contributed by atoms with Gasteiger partial charge in [-0.3, -0.25) is 4.79 Å². The third-order valence-corrected chi connectivity index (χ3v) is 5.16. The Labute approximate surface area is 187 Å². The van der Waals surface area contributed by atoms with Crippen molar-refractivity contribution in [3.8, 4) is 22.1 Å². The predicted octanol–water partition coefficient (Wildman–Crippen LogP) is 3.41. The van der Waals surface area contributed by atoms with Crippen molar-refractivity contribution in [1.82, 2.24) is 4.98 Å². The van der Waals surface area contributed by atoms with E-state index in [1.165, 1.54) is 37.7 Å². The Morgan fingerprint density at radius 2 is 1.66 bits per heavy atom. The van der Waals surface area contributed by atoms with E-state index in [2.05, 4.69) is 15.0 Å². The van der Waals surface area contributed by atoms with Gasteiger partial charge in [0.2, 0.25) is 0 Å². The molecule has 1 N–H and O–H groups in total. The first-order valence-electron chi connectivity index (χ1n) is 9.28. The highest BCUT2D eigenvalue weighted by molar-refractivity contribution is 7.13. The summed E-state index contributed by atoms with van der Waals surface area (Å²) in [4.78, 5) is 40.0. The molecule has 0 aliphatic carbocycles. The van der Waals surface area contributed by atoms with Gasteiger partial charge in [0.25, 0.3) is 5.91 Å². The Kier molecular flexibility index (Phi) is 7.40. The first-order chi connectivity index (χ1) is 15.4. The molecule has 0 saturated carbocycles. The van der Waals surface area contributed by atoms with E-state index in [-0.39, 0.29) is 5.69 Å². The zero-order chi connectivity index (χ0) is 23.1. The van der Waals surface area contributed by atoms with Crippen molar-refractivity contribution >= 4 is 34.9 Å². The molecule has 1 amide bonds. The van der Waals surface area contributed by atoms with Crippen LogP contribution in [0, 0.1) is 0 Å². The molecule has 3 aromatic rings. The molecule has 166 valence electrons. The summed E-state index contributed by atoms with van der Waals surface area (Å²) in [5.74, 6) is -0.602. The molecule has 0 radical (unpaired) electrons. The van der Waals surface area contributed by atoms with Gasteiger partial charge >= 0.3 is 11.9 Å². The first kappa shape index (κ1) is 22.8. The zero-order valence-electron chi connectivity index (χ0n) is 17.5. The predicted molar refractivity (Wildman–Crippen MR) is 117 cm³/mol. The van der Waals surface area contributed by atoms with E-state index in [4.69, 9.17) is 14.2 Å². The number of hydrogen-bond donors (Lipinski definition) is 1. The quantitative estimate of drug-likeness (QED) is 0.513. The molecule has 2 aromatic carbocycles. The fourth-order valence-electron chi connectivity index (χ4n) is 2.68. The Morgan fingerprint density at radius 3 is 2.31 bits per heavy atom. The van der Waals surface area contributed by atoms with E-state index in [0.717, 1.165) is 5.56 Å². The van der Waals surface area contributed by atoms with Crippen molar-refractivity contribution in [3.05, 3.63) is 59.1 Å². The maximum absolute atomic E-state index is 12.3. The average Bonchev–Trinajstić information content (AvgIpc) is 3.32. The first-order valence-corrected chi connectivity index (χ1v) is 10.2. The van der Waals surface area contributed by atoms with E-state index in [0.29, 0.717) is 27.8 Å². The summed E-state index contributed by atoms with van der Waals surface area (Å²) in [7, 11) is 4.36. The Hall–Kier alpha value is -3.92. The zero-order valence-corrected chi connectivity index (χ0v) is 18.4. The fraction of sp³-hybridized carbons (Fsp3) is 0.182. The lowest BCUT2D eigenvalue weighted by Crippen LogP contribution is -2.21. The van der Waals surface area contributed by atoms with E-state index in [1.54, 1.807) is 42.8 Å². The number of hydrogen-bond acceptors (Lipinski definition) is 9. The molecule has 0 aliphatic rings. The number of anilines is 1. The van der Waals surface area contributed by atoms with Gasteiger partial charge in [0, 0.05) is 16.6 Å². The normalized spacial score (nSPS) is 10.2. The molecule has 1 heterocycles. The minimum Gasteiger partial charge on any atom is -0.493 e. The Morgan fingerprint density at radius 1 is 0.938 bits per heavy atom. The highest BCUT2D eigenvalue weighted by Crippen LogP contribution is 2.33. The number of benzene rings is 2. The van der Waals surface area contributed by atoms with Crippen molar-refractivity contribution in [2.24, 2.45) is 0 Å². The van der Waals surface area contributed by atoms with Crippen LogP contribution in [0.2, 0.25) is 0 Å². The van der Waals surface area contributed by atoms with Crippen LogP contribution in [0.4, 0.5) is 5.69 Å². The second-order valence-electron chi connectivity index (χ2n) is 6.30. The Balaban J connectivity index is 1.57. The van der Waals surface area contributed by atoms with Crippen LogP contribution in [0.5, 0.6) is 11.5 Å². The number of rotatable bonds is 8. The number of nitrogens with one attached hydrogen (secondary N) is 1. The molecule has 0 fully saturated rings. The van der Waals surface area contributed by atoms with Crippen molar-refractivity contribution in [2.45, 2.75) is 0 Å². The van der Waals surface area contributed by atoms with Crippen LogP contribution in [0.3, 0.4) is 0 Å². The second-order valence-corrected chi connectivity index (χ2v) is 7.16. The van der Waals surface area contributed by atoms with E-state index >= 15 is 0 Å². The van der Waals surface area contributed by atoms with Crippen LogP contribution in [0.25, 0.3) is 10.6 Å². The van der Waals surface area contributed by atoms with Gasteiger partial charge in [0.15, 0.2) is 23.8 Å². The van der Waals surface area contributed by atoms with Gasteiger partial charge in [0.05, 0.1) is 26.9 Å². The Bertz CT molecular complexity index is 1130. The molecule has 0 unspecified atom stereocenters. The third-order valence-electron chi connectivity index (χ3n) is 4.27. The average molecular weight is 456 g/mol. The molecule has 0 aliphatic heterocycles. The summed E-state index contributed by atoms with van der Waals surface area (Å²) in [5, 5.41) is 4.72. The van der Waals surface area contributed by atoms with Crippen LogP contribution in [0.15, 0.2) is 47.8 Å². The molecule has 10 heteroatoms. The summed E-state index contributed by atoms with van der Waals surface area (Å²) in [6, 6.07) is 11.4. The highest BCUT2D eigenvalue weighted by Gasteiger charge is 2.16. The molecule has 3 rings (SSSR count). The minimum absolute atomic E-state index is 0.0926. The van der Waals surface area contributed by atoms with Gasteiger partial charge in [-0.05, 0) is 42.5 Å². The molecule has 0 spiro atoms. The molecule has 0 bridgehead atoms. The summed E-state index contributed by atoms with van der Waals surface area (Å²) < 4.78 is 20.2. The largest absolute Gasteiger partial charge is 0.493 e. The van der Waals surface area contributed by atoms with Gasteiger partial charge in [-0.2, -0.15) is 0 Å². The third kappa shape index (κ3) is 5.41. The van der Waals surface area contributed by atoms with Gasteiger partial charge < -0.3 is 24.3 Å². The van der Waals surface area contributed by atoms with Crippen molar-refractivity contribution in [2.75, 3.05) is 33.3 Å². The molecule has 1 aromatic heterocycles. The van der Waals surface area contributed by atoms with E-state index < -0.39 is 24.5 Å². The molecule has 0 saturated heterocycles. The SMILES string of the molecule is COC(=O)c1ccc(NC(=O)COC(=O)c2csc(-c3ccc(OC)c(OC)c3)n2)cc1. The summed E-state index contributed by atoms with van der Waals surface area (Å²) in [5.41, 5.74) is 1.64. The van der Waals surface area contributed by atoms with Gasteiger partial charge in [0.1, 0.15) is 5.01 Å². The number of aromatic nitrogens is 1. The number of thiazole rings is 1. The number of carbonyl (C=O) groups excluding carboxylic acids is 3. The standard InChI is InChI=1S/C22H20N2O7S/c1-28-17-9-6-14(10-18(17)29-2)20-24-16(12-32-20)22(27)31-11-19(25)23-15-7-4-13(5-8-15)21(26)30-3/h4-10,12H,11H2,1-3H3,(H,23,25). The van der Waals surface area contributed by atoms with E-state index in [1.807, 2.05) is 0 Å². The maximum atomic E-state index is 12.3. The van der Waals surface area contributed by atoms with Crippen LogP contribution >= 0.6 is 11.3 Å². The van der Waals surface area contributed by atoms with E-state index in [9.17, 15) is 14.4 Å². The number of carbonyl (C=O) groups is 3.